The molecule has 0 spiro atoms. The summed E-state index contributed by atoms with van der Waals surface area (Å²) >= 11 is 3.46. The predicted octanol–water partition coefficient (Wildman–Crippen LogP) is 3.99. The Hall–Kier alpha value is -0.830. The molecule has 1 fully saturated rings. The van der Waals surface area contributed by atoms with Gasteiger partial charge in [0.2, 0.25) is 5.91 Å². The first kappa shape index (κ1) is 14.6. The lowest BCUT2D eigenvalue weighted by molar-refractivity contribution is -0.136. The van der Waals surface area contributed by atoms with Gasteiger partial charge in [0.15, 0.2) is 0 Å². The van der Waals surface area contributed by atoms with E-state index in [1.165, 1.54) is 24.8 Å². The van der Waals surface area contributed by atoms with Crippen molar-refractivity contribution in [1.82, 2.24) is 4.90 Å². The second kappa shape index (κ2) is 7.68. The molecule has 2 nitrogen and oxygen atoms in total. The molecule has 1 aromatic carbocycles. The van der Waals surface area contributed by atoms with Gasteiger partial charge in [-0.15, -0.1) is 0 Å². The van der Waals surface area contributed by atoms with Crippen molar-refractivity contribution in [2.24, 2.45) is 5.92 Å². The number of alkyl halides is 1. The van der Waals surface area contributed by atoms with Crippen LogP contribution in [-0.4, -0.2) is 22.7 Å². The zero-order valence-corrected chi connectivity index (χ0v) is 12.9. The molecule has 0 bridgehead atoms. The van der Waals surface area contributed by atoms with Crippen molar-refractivity contribution in [3.05, 3.63) is 35.9 Å². The molecule has 0 aliphatic heterocycles. The number of amides is 1. The lowest BCUT2D eigenvalue weighted by atomic mass is 9.88. The van der Waals surface area contributed by atoms with E-state index in [2.05, 4.69) is 28.1 Å². The zero-order chi connectivity index (χ0) is 13.5. The van der Waals surface area contributed by atoms with Gasteiger partial charge < -0.3 is 4.90 Å². The maximum absolute atomic E-state index is 12.6. The smallest absolute Gasteiger partial charge is 0.226 e. The molecule has 2 rings (SSSR count). The second-order valence-corrected chi connectivity index (χ2v) is 6.06. The molecule has 0 aromatic heterocycles. The molecular weight excluding hydrogens is 302 g/mol. The first-order chi connectivity index (χ1) is 9.31. The number of benzene rings is 1. The highest BCUT2D eigenvalue weighted by molar-refractivity contribution is 9.09. The van der Waals surface area contributed by atoms with Crippen molar-refractivity contribution in [2.75, 3.05) is 11.9 Å². The molecule has 0 N–H and O–H groups in total. The van der Waals surface area contributed by atoms with Gasteiger partial charge in [0.25, 0.3) is 0 Å². The molecular formula is C16H22BrNO. The average Bonchev–Trinajstić information content (AvgIpc) is 2.48. The maximum atomic E-state index is 12.6. The highest BCUT2D eigenvalue weighted by atomic mass is 79.9. The van der Waals surface area contributed by atoms with Crippen LogP contribution >= 0.6 is 15.9 Å². The Morgan fingerprint density at radius 2 is 1.84 bits per heavy atom. The minimum absolute atomic E-state index is 0.261. The summed E-state index contributed by atoms with van der Waals surface area (Å²) in [5.74, 6) is 0.611. The number of carbonyl (C=O) groups is 1. The van der Waals surface area contributed by atoms with Gasteiger partial charge in [0, 0.05) is 24.3 Å². The normalized spacial score (nSPS) is 16.3. The lowest BCUT2D eigenvalue weighted by Crippen LogP contribution is -2.37. The molecule has 0 saturated heterocycles. The van der Waals surface area contributed by atoms with Crippen LogP contribution in [0.5, 0.6) is 0 Å². The molecule has 1 aromatic rings. The highest BCUT2D eigenvalue weighted by Gasteiger charge is 2.25. The molecule has 0 heterocycles. The number of rotatable bonds is 5. The van der Waals surface area contributed by atoms with Crippen LogP contribution in [0.4, 0.5) is 0 Å². The molecule has 1 amide bonds. The summed E-state index contributed by atoms with van der Waals surface area (Å²) in [6, 6.07) is 10.3. The molecule has 0 atom stereocenters. The molecule has 19 heavy (non-hydrogen) atoms. The quantitative estimate of drug-likeness (QED) is 0.750. The van der Waals surface area contributed by atoms with E-state index < -0.39 is 0 Å². The van der Waals surface area contributed by atoms with E-state index in [1.54, 1.807) is 0 Å². The van der Waals surface area contributed by atoms with E-state index in [1.807, 2.05) is 23.1 Å². The Morgan fingerprint density at radius 1 is 1.16 bits per heavy atom. The Labute approximate surface area is 124 Å². The first-order valence-electron chi connectivity index (χ1n) is 7.20. The van der Waals surface area contributed by atoms with Crippen molar-refractivity contribution >= 4 is 21.8 Å². The van der Waals surface area contributed by atoms with Gasteiger partial charge in [0.1, 0.15) is 0 Å². The van der Waals surface area contributed by atoms with Gasteiger partial charge in [-0.2, -0.15) is 0 Å². The number of hydrogen-bond acceptors (Lipinski definition) is 1. The van der Waals surface area contributed by atoms with Crippen molar-refractivity contribution in [3.63, 3.8) is 0 Å². The minimum Gasteiger partial charge on any atom is -0.337 e. The molecule has 1 aliphatic carbocycles. The summed E-state index contributed by atoms with van der Waals surface area (Å²) in [6.07, 6.45) is 5.87. The fourth-order valence-electron chi connectivity index (χ4n) is 2.78. The van der Waals surface area contributed by atoms with Crippen molar-refractivity contribution < 1.29 is 4.79 Å². The Bertz CT molecular complexity index is 387. The van der Waals surface area contributed by atoms with Crippen LogP contribution in [0.1, 0.15) is 37.7 Å². The van der Waals surface area contributed by atoms with Crippen LogP contribution in [0.2, 0.25) is 0 Å². The number of halogens is 1. The van der Waals surface area contributed by atoms with Crippen molar-refractivity contribution in [2.45, 2.75) is 38.6 Å². The zero-order valence-electron chi connectivity index (χ0n) is 11.4. The topological polar surface area (TPSA) is 20.3 Å². The third-order valence-electron chi connectivity index (χ3n) is 3.84. The largest absolute Gasteiger partial charge is 0.337 e. The van der Waals surface area contributed by atoms with Gasteiger partial charge >= 0.3 is 0 Å². The van der Waals surface area contributed by atoms with Crippen molar-refractivity contribution in [3.8, 4) is 0 Å². The standard InChI is InChI=1S/C16H22BrNO/c17-11-12-18(13-14-7-3-1-4-8-14)16(19)15-9-5-2-6-10-15/h1,3-4,7-8,15H,2,5-6,9-13H2. The number of carbonyl (C=O) groups excluding carboxylic acids is 1. The number of nitrogens with zero attached hydrogens (tertiary/aromatic N) is 1. The van der Waals surface area contributed by atoms with Gasteiger partial charge in [0.05, 0.1) is 0 Å². The summed E-state index contributed by atoms with van der Waals surface area (Å²) in [7, 11) is 0. The summed E-state index contributed by atoms with van der Waals surface area (Å²) < 4.78 is 0. The van der Waals surface area contributed by atoms with Crippen molar-refractivity contribution in [1.29, 1.82) is 0 Å². The lowest BCUT2D eigenvalue weighted by Gasteiger charge is -2.29. The van der Waals surface area contributed by atoms with Crippen LogP contribution in [0.3, 0.4) is 0 Å². The second-order valence-electron chi connectivity index (χ2n) is 5.27. The van der Waals surface area contributed by atoms with E-state index >= 15 is 0 Å². The van der Waals surface area contributed by atoms with Crippen LogP contribution in [0, 0.1) is 5.92 Å². The van der Waals surface area contributed by atoms with Gasteiger partial charge in [-0.3, -0.25) is 4.79 Å². The molecule has 1 aliphatic rings. The van der Waals surface area contributed by atoms with Gasteiger partial charge in [-0.25, -0.2) is 0 Å². The molecule has 0 radical (unpaired) electrons. The Balaban J connectivity index is 2.00. The Morgan fingerprint density at radius 3 is 2.47 bits per heavy atom. The molecule has 104 valence electrons. The predicted molar refractivity (Wildman–Crippen MR) is 82.2 cm³/mol. The van der Waals surface area contributed by atoms with E-state index in [0.29, 0.717) is 5.91 Å². The summed E-state index contributed by atoms with van der Waals surface area (Å²) in [6.45, 7) is 1.53. The van der Waals surface area contributed by atoms with E-state index in [4.69, 9.17) is 0 Å². The average molecular weight is 324 g/mol. The molecule has 0 unspecified atom stereocenters. The van der Waals surface area contributed by atoms with Gasteiger partial charge in [-0.1, -0.05) is 65.5 Å². The number of hydrogen-bond donors (Lipinski definition) is 0. The molecule has 1 saturated carbocycles. The summed E-state index contributed by atoms with van der Waals surface area (Å²) in [5.41, 5.74) is 1.22. The van der Waals surface area contributed by atoms with E-state index in [0.717, 1.165) is 31.3 Å². The maximum Gasteiger partial charge on any atom is 0.226 e. The SMILES string of the molecule is O=C(C1CCCCC1)N(CCBr)Cc1ccccc1. The van der Waals surface area contributed by atoms with Crippen LogP contribution < -0.4 is 0 Å². The van der Waals surface area contributed by atoms with Gasteiger partial charge in [-0.05, 0) is 18.4 Å². The first-order valence-corrected chi connectivity index (χ1v) is 8.32. The van der Waals surface area contributed by atoms with Crippen LogP contribution in [0.15, 0.2) is 30.3 Å². The van der Waals surface area contributed by atoms with Crippen LogP contribution in [0.25, 0.3) is 0 Å². The summed E-state index contributed by atoms with van der Waals surface area (Å²) in [4.78, 5) is 14.6. The molecule has 3 heteroatoms. The Kier molecular flexibility index (Phi) is 5.90. The minimum atomic E-state index is 0.261. The monoisotopic (exact) mass is 323 g/mol. The fourth-order valence-corrected chi connectivity index (χ4v) is 3.21. The van der Waals surface area contributed by atoms with Crippen LogP contribution in [-0.2, 0) is 11.3 Å². The summed E-state index contributed by atoms with van der Waals surface area (Å²) in [5, 5.41) is 0.846. The third-order valence-corrected chi connectivity index (χ3v) is 4.19. The van der Waals surface area contributed by atoms with E-state index in [-0.39, 0.29) is 5.92 Å². The fraction of sp³-hybridized carbons (Fsp3) is 0.562. The highest BCUT2D eigenvalue weighted by Crippen LogP contribution is 2.26. The van der Waals surface area contributed by atoms with E-state index in [9.17, 15) is 4.79 Å². The third kappa shape index (κ3) is 4.34.